The summed E-state index contributed by atoms with van der Waals surface area (Å²) in [5.41, 5.74) is 0.474. The van der Waals surface area contributed by atoms with Gasteiger partial charge in [-0.3, -0.25) is 9.69 Å². The van der Waals surface area contributed by atoms with Crippen molar-refractivity contribution in [3.05, 3.63) is 25.5 Å². The second-order valence-electron chi connectivity index (χ2n) is 4.11. The Morgan fingerprint density at radius 2 is 2.19 bits per heavy atom. The van der Waals surface area contributed by atoms with Crippen LogP contribution in [0.25, 0.3) is 6.08 Å². The fraction of sp³-hybridized carbons (Fsp3) is 0.231. The molecule has 0 radical (unpaired) electrons. The summed E-state index contributed by atoms with van der Waals surface area (Å²) in [4.78, 5) is 13.9. The lowest BCUT2D eigenvalue weighted by molar-refractivity contribution is -0.121. The van der Waals surface area contributed by atoms with Crippen molar-refractivity contribution in [2.24, 2.45) is 0 Å². The zero-order chi connectivity index (χ0) is 15.7. The van der Waals surface area contributed by atoms with Gasteiger partial charge in [-0.25, -0.2) is 0 Å². The minimum absolute atomic E-state index is 0.0201. The molecule has 0 aliphatic carbocycles. The number of ether oxygens (including phenoxy) is 1. The topological polar surface area (TPSA) is 49.8 Å². The second kappa shape index (κ2) is 6.68. The highest BCUT2D eigenvalue weighted by Gasteiger charge is 2.29. The maximum absolute atomic E-state index is 12.0. The maximum atomic E-state index is 12.0. The Labute approximate surface area is 148 Å². The summed E-state index contributed by atoms with van der Waals surface area (Å²) in [7, 11) is 1.62. The number of thiocarbonyl (C=S) groups is 1. The summed E-state index contributed by atoms with van der Waals surface area (Å²) >= 11 is 13.1. The number of carbonyl (C=O) groups is 1. The highest BCUT2D eigenvalue weighted by Crippen LogP contribution is 2.43. The molecule has 21 heavy (non-hydrogen) atoms. The number of hydrogen-bond donors (Lipinski definition) is 1. The number of nitrogens with zero attached hydrogens (tertiary/aromatic N) is 1. The van der Waals surface area contributed by atoms with Crippen LogP contribution in [-0.2, 0) is 4.79 Å². The van der Waals surface area contributed by atoms with Crippen LogP contribution in [-0.4, -0.2) is 33.9 Å². The Morgan fingerprint density at radius 1 is 1.52 bits per heavy atom. The summed E-state index contributed by atoms with van der Waals surface area (Å²) in [5, 5.41) is 10.3. The number of phenols is 1. The van der Waals surface area contributed by atoms with Crippen molar-refractivity contribution < 1.29 is 14.6 Å². The predicted molar refractivity (Wildman–Crippen MR) is 95.6 cm³/mol. The number of likely N-dealkylation sites (N-methyl/N-ethyl adjacent to an activating group) is 1. The first-order valence-electron chi connectivity index (χ1n) is 5.92. The van der Waals surface area contributed by atoms with Crippen LogP contribution in [0.1, 0.15) is 12.5 Å². The van der Waals surface area contributed by atoms with Gasteiger partial charge >= 0.3 is 0 Å². The molecule has 0 bridgehead atoms. The van der Waals surface area contributed by atoms with Gasteiger partial charge in [0.1, 0.15) is 4.32 Å². The molecule has 1 aliphatic rings. The molecule has 0 unspecified atom stereocenters. The zero-order valence-corrected chi connectivity index (χ0v) is 16.0. The average Bonchev–Trinajstić information content (AvgIpc) is 2.68. The Balaban J connectivity index is 2.54. The summed E-state index contributed by atoms with van der Waals surface area (Å²) in [6, 6.07) is 1.67. The van der Waals surface area contributed by atoms with Gasteiger partial charge in [-0.05, 0) is 50.9 Å². The molecule has 2 rings (SSSR count). The highest BCUT2D eigenvalue weighted by molar-refractivity contribution is 9.13. The monoisotopic (exact) mass is 451 g/mol. The minimum atomic E-state index is -0.186. The first-order valence-corrected chi connectivity index (χ1v) is 8.73. The van der Waals surface area contributed by atoms with E-state index >= 15 is 0 Å². The van der Waals surface area contributed by atoms with E-state index in [1.807, 2.05) is 6.92 Å². The molecular formula is C13H11Br2NO3S2. The molecule has 4 nitrogen and oxygen atoms in total. The molecule has 1 fully saturated rings. The number of amides is 1. The van der Waals surface area contributed by atoms with Crippen LogP contribution in [0.15, 0.2) is 19.9 Å². The summed E-state index contributed by atoms with van der Waals surface area (Å²) in [6.45, 7) is 2.26. The van der Waals surface area contributed by atoms with Crippen molar-refractivity contribution >= 4 is 72.1 Å². The van der Waals surface area contributed by atoms with Gasteiger partial charge in [-0.1, -0.05) is 24.0 Å². The molecule has 1 saturated heterocycles. The summed E-state index contributed by atoms with van der Waals surface area (Å²) in [6.07, 6.45) is 1.61. The lowest BCUT2D eigenvalue weighted by atomic mass is 10.1. The van der Waals surface area contributed by atoms with Crippen molar-refractivity contribution in [2.45, 2.75) is 6.92 Å². The Kier molecular flexibility index (Phi) is 5.34. The highest BCUT2D eigenvalue weighted by atomic mass is 79.9. The molecule has 1 aliphatic heterocycles. The van der Waals surface area contributed by atoms with Crippen molar-refractivity contribution in [3.63, 3.8) is 0 Å². The van der Waals surface area contributed by atoms with Gasteiger partial charge < -0.3 is 9.84 Å². The molecule has 1 N–H and O–H groups in total. The van der Waals surface area contributed by atoms with Gasteiger partial charge in [0.2, 0.25) is 0 Å². The van der Waals surface area contributed by atoms with Crippen LogP contribution >= 0.6 is 55.8 Å². The number of hydrogen-bond acceptors (Lipinski definition) is 5. The first kappa shape index (κ1) is 16.8. The number of benzene rings is 1. The Morgan fingerprint density at radius 3 is 2.71 bits per heavy atom. The average molecular weight is 453 g/mol. The third kappa shape index (κ3) is 3.28. The lowest BCUT2D eigenvalue weighted by Gasteiger charge is -2.12. The number of phenolic OH excluding ortho intramolecular Hbond substituents is 1. The fourth-order valence-corrected chi connectivity index (χ4v) is 3.69. The van der Waals surface area contributed by atoms with Gasteiger partial charge in [0, 0.05) is 21.6 Å². The SMILES string of the molecule is CCOc1cc(Br)c(Br)c(/C=C2\SC(=S)N(C)C2=O)c1O. The van der Waals surface area contributed by atoms with Crippen LogP contribution in [0.2, 0.25) is 0 Å². The van der Waals surface area contributed by atoms with Crippen LogP contribution < -0.4 is 4.74 Å². The van der Waals surface area contributed by atoms with Gasteiger partial charge in [0.25, 0.3) is 5.91 Å². The van der Waals surface area contributed by atoms with Crippen molar-refractivity contribution in [3.8, 4) is 11.5 Å². The van der Waals surface area contributed by atoms with Gasteiger partial charge in [0.05, 0.1) is 11.5 Å². The summed E-state index contributed by atoms with van der Waals surface area (Å²) < 4.78 is 7.24. The van der Waals surface area contributed by atoms with Crippen LogP contribution in [0, 0.1) is 0 Å². The summed E-state index contributed by atoms with van der Waals surface area (Å²) in [5.74, 6) is 0.147. The van der Waals surface area contributed by atoms with Crippen LogP contribution in [0.5, 0.6) is 11.5 Å². The smallest absolute Gasteiger partial charge is 0.265 e. The fourth-order valence-electron chi connectivity index (χ4n) is 1.69. The number of rotatable bonds is 3. The van der Waals surface area contributed by atoms with Crippen LogP contribution in [0.3, 0.4) is 0 Å². The van der Waals surface area contributed by atoms with Crippen molar-refractivity contribution in [1.29, 1.82) is 0 Å². The standard InChI is InChI=1S/C13H11Br2NO3S2/c1-3-19-8-5-7(14)10(15)6(11(8)17)4-9-12(18)16(2)13(20)21-9/h4-5,17H,3H2,1-2H3/b9-4-. The van der Waals surface area contributed by atoms with E-state index in [0.717, 1.165) is 4.47 Å². The van der Waals surface area contributed by atoms with E-state index in [4.69, 9.17) is 17.0 Å². The van der Waals surface area contributed by atoms with Crippen molar-refractivity contribution in [1.82, 2.24) is 4.90 Å². The van der Waals surface area contributed by atoms with Crippen LogP contribution in [0.4, 0.5) is 0 Å². The molecular weight excluding hydrogens is 442 g/mol. The largest absolute Gasteiger partial charge is 0.504 e. The minimum Gasteiger partial charge on any atom is -0.504 e. The van der Waals surface area contributed by atoms with E-state index in [0.29, 0.717) is 31.6 Å². The Hall–Kier alpha value is -0.570. The molecule has 1 heterocycles. The molecule has 8 heteroatoms. The maximum Gasteiger partial charge on any atom is 0.265 e. The van der Waals surface area contributed by atoms with Gasteiger partial charge in [0.15, 0.2) is 11.5 Å². The molecule has 1 aromatic rings. The molecule has 1 amide bonds. The molecule has 0 saturated carbocycles. The van der Waals surface area contributed by atoms with Crippen molar-refractivity contribution in [2.75, 3.05) is 13.7 Å². The van der Waals surface area contributed by atoms with E-state index in [-0.39, 0.29) is 11.7 Å². The van der Waals surface area contributed by atoms with E-state index in [1.54, 1.807) is 19.2 Å². The molecule has 0 atom stereocenters. The van der Waals surface area contributed by atoms with E-state index in [1.165, 1.54) is 16.7 Å². The quantitative estimate of drug-likeness (QED) is 0.551. The number of aromatic hydroxyl groups is 1. The Bertz CT molecular complexity index is 661. The van der Waals surface area contributed by atoms with E-state index < -0.39 is 0 Å². The number of thioether (sulfide) groups is 1. The molecule has 1 aromatic carbocycles. The third-order valence-electron chi connectivity index (χ3n) is 2.75. The molecule has 112 valence electrons. The molecule has 0 aromatic heterocycles. The number of halogens is 2. The van der Waals surface area contributed by atoms with Gasteiger partial charge in [-0.15, -0.1) is 0 Å². The number of carbonyl (C=O) groups excluding carboxylic acids is 1. The molecule has 0 spiro atoms. The third-order valence-corrected chi connectivity index (χ3v) is 6.25. The van der Waals surface area contributed by atoms with E-state index in [9.17, 15) is 9.90 Å². The lowest BCUT2D eigenvalue weighted by Crippen LogP contribution is -2.22. The first-order chi connectivity index (χ1) is 9.86. The van der Waals surface area contributed by atoms with E-state index in [2.05, 4.69) is 31.9 Å². The predicted octanol–water partition coefficient (Wildman–Crippen LogP) is 4.15. The van der Waals surface area contributed by atoms with Gasteiger partial charge in [-0.2, -0.15) is 0 Å². The second-order valence-corrected chi connectivity index (χ2v) is 7.43. The zero-order valence-electron chi connectivity index (χ0n) is 11.1. The normalized spacial score (nSPS) is 17.0.